The Morgan fingerprint density at radius 1 is 1.16 bits per heavy atom. The molecule has 0 saturated heterocycles. The van der Waals surface area contributed by atoms with Gasteiger partial charge >= 0.3 is 0 Å². The Morgan fingerprint density at radius 2 is 1.79 bits per heavy atom. The molecule has 0 aliphatic heterocycles. The van der Waals surface area contributed by atoms with Gasteiger partial charge in [0.15, 0.2) is 0 Å². The van der Waals surface area contributed by atoms with E-state index in [0.717, 1.165) is 5.56 Å². The fraction of sp³-hybridized carbons (Fsp3) is 0.500. The van der Waals surface area contributed by atoms with Crippen molar-refractivity contribution in [2.24, 2.45) is 0 Å². The Morgan fingerprint density at radius 3 is 2.32 bits per heavy atom. The number of rotatable bonds is 5. The number of nitrogens with one attached hydrogen (secondary N) is 2. The van der Waals surface area contributed by atoms with Crippen LogP contribution >= 0.6 is 23.2 Å². The molecule has 1 amide bonds. The van der Waals surface area contributed by atoms with Gasteiger partial charge in [0.05, 0.1) is 6.04 Å². The van der Waals surface area contributed by atoms with E-state index in [9.17, 15) is 4.79 Å². The minimum atomic E-state index is -0.288. The van der Waals surface area contributed by atoms with Crippen LogP contribution in [0.5, 0.6) is 0 Å². The van der Waals surface area contributed by atoms with Crippen LogP contribution in [0.3, 0.4) is 0 Å². The summed E-state index contributed by atoms with van der Waals surface area (Å²) in [7, 11) is 0. The number of hydrogen-bond donors (Lipinski definition) is 2. The van der Waals surface area contributed by atoms with Crippen molar-refractivity contribution in [3.05, 3.63) is 33.8 Å². The van der Waals surface area contributed by atoms with Gasteiger partial charge in [-0.3, -0.25) is 10.1 Å². The number of amides is 1. The van der Waals surface area contributed by atoms with Crippen molar-refractivity contribution in [3.8, 4) is 0 Å². The Hall–Kier alpha value is -0.770. The van der Waals surface area contributed by atoms with Crippen LogP contribution in [0.15, 0.2) is 18.2 Å². The van der Waals surface area contributed by atoms with Gasteiger partial charge in [0, 0.05) is 22.1 Å². The van der Waals surface area contributed by atoms with Gasteiger partial charge in [-0.25, -0.2) is 0 Å². The lowest BCUT2D eigenvalue weighted by atomic mass is 10.1. The van der Waals surface area contributed by atoms with Crippen LogP contribution in [0.4, 0.5) is 0 Å². The molecule has 1 aromatic rings. The maximum atomic E-state index is 11.8. The molecule has 0 bridgehead atoms. The molecule has 0 fully saturated rings. The van der Waals surface area contributed by atoms with Gasteiger partial charge in [0.1, 0.15) is 0 Å². The molecule has 0 radical (unpaired) electrons. The molecule has 1 rings (SSSR count). The summed E-state index contributed by atoms with van der Waals surface area (Å²) in [4.78, 5) is 11.8. The largest absolute Gasteiger partial charge is 0.353 e. The van der Waals surface area contributed by atoms with Crippen molar-refractivity contribution in [3.63, 3.8) is 0 Å². The first kappa shape index (κ1) is 16.3. The van der Waals surface area contributed by atoms with E-state index in [4.69, 9.17) is 23.2 Å². The molecule has 3 nitrogen and oxygen atoms in total. The molecule has 1 aromatic carbocycles. The van der Waals surface area contributed by atoms with Crippen molar-refractivity contribution in [1.82, 2.24) is 10.6 Å². The molecule has 0 unspecified atom stereocenters. The molecule has 0 aromatic heterocycles. The molecule has 19 heavy (non-hydrogen) atoms. The van der Waals surface area contributed by atoms with Gasteiger partial charge in [-0.15, -0.1) is 0 Å². The minimum Gasteiger partial charge on any atom is -0.353 e. The highest BCUT2D eigenvalue weighted by Crippen LogP contribution is 2.26. The molecule has 0 heterocycles. The van der Waals surface area contributed by atoms with Gasteiger partial charge < -0.3 is 5.32 Å². The number of carbonyl (C=O) groups excluding carboxylic acids is 1. The first-order chi connectivity index (χ1) is 8.81. The third kappa shape index (κ3) is 5.01. The highest BCUT2D eigenvalue weighted by molar-refractivity contribution is 6.35. The van der Waals surface area contributed by atoms with E-state index in [1.54, 1.807) is 12.1 Å². The molecule has 106 valence electrons. The summed E-state index contributed by atoms with van der Waals surface area (Å²) in [6.07, 6.45) is 0. The number of carbonyl (C=O) groups is 1. The Kier molecular flexibility index (Phi) is 6.11. The summed E-state index contributed by atoms with van der Waals surface area (Å²) in [6, 6.07) is 5.18. The summed E-state index contributed by atoms with van der Waals surface area (Å²) in [5.74, 6) is -0.0214. The van der Waals surface area contributed by atoms with Crippen molar-refractivity contribution in [2.45, 2.75) is 45.8 Å². The summed E-state index contributed by atoms with van der Waals surface area (Å²) in [5, 5.41) is 7.29. The average molecular weight is 303 g/mol. The smallest absolute Gasteiger partial charge is 0.237 e. The number of benzene rings is 1. The zero-order valence-corrected chi connectivity index (χ0v) is 13.1. The fourth-order valence-corrected chi connectivity index (χ4v) is 2.37. The average Bonchev–Trinajstić information content (AvgIpc) is 2.27. The van der Waals surface area contributed by atoms with E-state index in [-0.39, 0.29) is 24.0 Å². The zero-order valence-electron chi connectivity index (χ0n) is 11.6. The number of halogens is 2. The van der Waals surface area contributed by atoms with E-state index in [1.165, 1.54) is 0 Å². The summed E-state index contributed by atoms with van der Waals surface area (Å²) >= 11 is 12.0. The Bertz CT molecular complexity index is 449. The standard InChI is InChI=1S/C14H20Cl2N2O/c1-8(2)17-14(19)10(4)18-9(3)12-6-5-11(15)7-13(12)16/h5-10,18H,1-4H3,(H,17,19)/t9-,10-/m1/s1. The monoisotopic (exact) mass is 302 g/mol. The molecule has 0 spiro atoms. The van der Waals surface area contributed by atoms with Crippen molar-refractivity contribution in [2.75, 3.05) is 0 Å². The van der Waals surface area contributed by atoms with Crippen LogP contribution in [0, 0.1) is 0 Å². The van der Waals surface area contributed by atoms with Crippen LogP contribution in [0.25, 0.3) is 0 Å². The second-order valence-corrected chi connectivity index (χ2v) is 5.78. The predicted octanol–water partition coefficient (Wildman–Crippen LogP) is 3.56. The first-order valence-corrected chi connectivity index (χ1v) is 7.08. The van der Waals surface area contributed by atoms with Gasteiger partial charge in [-0.1, -0.05) is 29.3 Å². The van der Waals surface area contributed by atoms with E-state index in [1.807, 2.05) is 33.8 Å². The summed E-state index contributed by atoms with van der Waals surface area (Å²) in [5.41, 5.74) is 0.926. The lowest BCUT2D eigenvalue weighted by Gasteiger charge is -2.21. The van der Waals surface area contributed by atoms with Crippen molar-refractivity contribution >= 4 is 29.1 Å². The SMILES string of the molecule is CC(C)NC(=O)[C@@H](C)N[C@H](C)c1ccc(Cl)cc1Cl. The third-order valence-corrected chi connectivity index (χ3v) is 3.32. The lowest BCUT2D eigenvalue weighted by molar-refractivity contribution is -0.123. The highest BCUT2D eigenvalue weighted by atomic mass is 35.5. The second kappa shape index (κ2) is 7.13. The minimum absolute atomic E-state index is 0.0214. The van der Waals surface area contributed by atoms with E-state index in [0.29, 0.717) is 10.0 Å². The first-order valence-electron chi connectivity index (χ1n) is 6.32. The van der Waals surface area contributed by atoms with Crippen LogP contribution < -0.4 is 10.6 Å². The zero-order chi connectivity index (χ0) is 14.6. The number of hydrogen-bond acceptors (Lipinski definition) is 2. The van der Waals surface area contributed by atoms with Crippen LogP contribution in [-0.4, -0.2) is 18.0 Å². The van der Waals surface area contributed by atoms with Crippen molar-refractivity contribution in [1.29, 1.82) is 0 Å². The molecule has 0 saturated carbocycles. The fourth-order valence-electron chi connectivity index (χ4n) is 1.80. The van der Waals surface area contributed by atoms with Crippen molar-refractivity contribution < 1.29 is 4.79 Å². The van der Waals surface area contributed by atoms with E-state index in [2.05, 4.69) is 10.6 Å². The van der Waals surface area contributed by atoms with Crippen LogP contribution in [0.1, 0.15) is 39.3 Å². The van der Waals surface area contributed by atoms with Gasteiger partial charge in [0.25, 0.3) is 0 Å². The summed E-state index contributed by atoms with van der Waals surface area (Å²) in [6.45, 7) is 7.67. The van der Waals surface area contributed by atoms with Crippen LogP contribution in [0.2, 0.25) is 10.0 Å². The van der Waals surface area contributed by atoms with E-state index >= 15 is 0 Å². The molecule has 2 N–H and O–H groups in total. The summed E-state index contributed by atoms with van der Waals surface area (Å²) < 4.78 is 0. The molecule has 0 aliphatic rings. The predicted molar refractivity (Wildman–Crippen MR) is 80.8 cm³/mol. The Labute approximate surface area is 124 Å². The molecule has 2 atom stereocenters. The molecular weight excluding hydrogens is 283 g/mol. The van der Waals surface area contributed by atoms with Gasteiger partial charge in [-0.2, -0.15) is 0 Å². The van der Waals surface area contributed by atoms with Crippen LogP contribution in [-0.2, 0) is 4.79 Å². The quantitative estimate of drug-likeness (QED) is 0.873. The van der Waals surface area contributed by atoms with Gasteiger partial charge in [0.2, 0.25) is 5.91 Å². The lowest BCUT2D eigenvalue weighted by Crippen LogP contribution is -2.45. The molecular formula is C14H20Cl2N2O. The topological polar surface area (TPSA) is 41.1 Å². The third-order valence-electron chi connectivity index (χ3n) is 2.75. The normalized spacial score (nSPS) is 14.3. The second-order valence-electron chi connectivity index (χ2n) is 4.94. The maximum Gasteiger partial charge on any atom is 0.237 e. The van der Waals surface area contributed by atoms with E-state index < -0.39 is 0 Å². The molecule has 5 heteroatoms. The highest BCUT2D eigenvalue weighted by Gasteiger charge is 2.18. The Balaban J connectivity index is 2.68. The molecule has 0 aliphatic carbocycles. The maximum absolute atomic E-state index is 11.8. The van der Waals surface area contributed by atoms with Gasteiger partial charge in [-0.05, 0) is 45.4 Å².